The molecule has 1 atom stereocenters. The summed E-state index contributed by atoms with van der Waals surface area (Å²) in [4.78, 5) is 0. The number of hydrogen-bond acceptors (Lipinski definition) is 1. The molecule has 0 saturated heterocycles. The molecular weight excluding hydrogens is 242 g/mol. The minimum Gasteiger partial charge on any atom is -0.378 e. The van der Waals surface area contributed by atoms with Gasteiger partial charge in [-0.05, 0) is 36.5 Å². The lowest BCUT2D eigenvalue weighted by Crippen LogP contribution is -2.18. The summed E-state index contributed by atoms with van der Waals surface area (Å²) < 4.78 is 0. The monoisotopic (exact) mass is 267 g/mol. The van der Waals surface area contributed by atoms with Crippen molar-refractivity contribution in [3.8, 4) is 0 Å². The van der Waals surface area contributed by atoms with Crippen LogP contribution in [0, 0.1) is 12.3 Å². The second kappa shape index (κ2) is 6.13. The Kier molecular flexibility index (Phi) is 4.49. The summed E-state index contributed by atoms with van der Waals surface area (Å²) >= 11 is 0. The molecule has 1 N–H and O–H groups in total. The number of aryl methyl sites for hydroxylation is 1. The predicted octanol–water partition coefficient (Wildman–Crippen LogP) is 5.58. The molecule has 0 aromatic heterocycles. The van der Waals surface area contributed by atoms with E-state index in [2.05, 4.69) is 87.6 Å². The van der Waals surface area contributed by atoms with Crippen molar-refractivity contribution in [2.45, 2.75) is 40.2 Å². The second-order valence-electron chi connectivity index (χ2n) is 6.74. The summed E-state index contributed by atoms with van der Waals surface area (Å²) in [6.45, 7) is 8.99. The highest BCUT2D eigenvalue weighted by Crippen LogP contribution is 2.32. The van der Waals surface area contributed by atoms with Crippen LogP contribution in [0.2, 0.25) is 0 Å². The zero-order valence-corrected chi connectivity index (χ0v) is 13.0. The molecule has 20 heavy (non-hydrogen) atoms. The van der Waals surface area contributed by atoms with Crippen molar-refractivity contribution in [2.75, 3.05) is 5.32 Å². The minimum absolute atomic E-state index is 0.290. The van der Waals surface area contributed by atoms with Crippen LogP contribution in [0.15, 0.2) is 54.6 Å². The maximum Gasteiger partial charge on any atom is 0.0518 e. The average Bonchev–Trinajstić information content (AvgIpc) is 2.40. The van der Waals surface area contributed by atoms with E-state index in [0.717, 1.165) is 6.42 Å². The molecule has 0 saturated carbocycles. The fourth-order valence-corrected chi connectivity index (χ4v) is 2.40. The highest BCUT2D eigenvalue weighted by atomic mass is 14.9. The molecule has 2 aromatic carbocycles. The quantitative estimate of drug-likeness (QED) is 0.762. The first-order valence-electron chi connectivity index (χ1n) is 7.32. The van der Waals surface area contributed by atoms with Crippen LogP contribution in [0.1, 0.15) is 44.4 Å². The van der Waals surface area contributed by atoms with Gasteiger partial charge in [-0.3, -0.25) is 0 Å². The summed E-state index contributed by atoms with van der Waals surface area (Å²) in [6, 6.07) is 19.7. The van der Waals surface area contributed by atoms with Crippen LogP contribution in [0.3, 0.4) is 0 Å². The Morgan fingerprint density at radius 2 is 1.50 bits per heavy atom. The Morgan fingerprint density at radius 3 is 2.05 bits per heavy atom. The van der Waals surface area contributed by atoms with Crippen molar-refractivity contribution in [3.63, 3.8) is 0 Å². The molecule has 0 amide bonds. The van der Waals surface area contributed by atoms with Crippen LogP contribution in [-0.4, -0.2) is 0 Å². The fourth-order valence-electron chi connectivity index (χ4n) is 2.40. The third-order valence-corrected chi connectivity index (χ3v) is 3.41. The van der Waals surface area contributed by atoms with Crippen molar-refractivity contribution < 1.29 is 0 Å². The number of benzene rings is 2. The van der Waals surface area contributed by atoms with Crippen LogP contribution in [0.5, 0.6) is 0 Å². The van der Waals surface area contributed by atoms with Crippen LogP contribution in [-0.2, 0) is 0 Å². The maximum absolute atomic E-state index is 3.68. The molecule has 1 nitrogen and oxygen atoms in total. The second-order valence-corrected chi connectivity index (χ2v) is 6.74. The van der Waals surface area contributed by atoms with Crippen molar-refractivity contribution in [1.29, 1.82) is 0 Å². The number of nitrogens with one attached hydrogen (secondary N) is 1. The molecule has 0 aliphatic rings. The van der Waals surface area contributed by atoms with Crippen molar-refractivity contribution in [3.05, 3.63) is 65.7 Å². The van der Waals surface area contributed by atoms with Gasteiger partial charge in [0.1, 0.15) is 0 Å². The molecule has 0 heterocycles. The van der Waals surface area contributed by atoms with E-state index >= 15 is 0 Å². The highest BCUT2D eigenvalue weighted by Gasteiger charge is 2.20. The lowest BCUT2D eigenvalue weighted by Gasteiger charge is -2.28. The Bertz CT molecular complexity index is 520. The summed E-state index contributed by atoms with van der Waals surface area (Å²) in [5.74, 6) is 0. The molecule has 0 aliphatic heterocycles. The van der Waals surface area contributed by atoms with Gasteiger partial charge < -0.3 is 5.32 Å². The Labute approximate surface area is 123 Å². The summed E-state index contributed by atoms with van der Waals surface area (Å²) in [7, 11) is 0. The van der Waals surface area contributed by atoms with Gasteiger partial charge in [0.05, 0.1) is 6.04 Å². The van der Waals surface area contributed by atoms with Crippen LogP contribution in [0.4, 0.5) is 5.69 Å². The molecule has 0 fully saturated rings. The molecular formula is C19H25N. The van der Waals surface area contributed by atoms with Gasteiger partial charge >= 0.3 is 0 Å². The summed E-state index contributed by atoms with van der Waals surface area (Å²) in [6.07, 6.45) is 1.10. The van der Waals surface area contributed by atoms with Gasteiger partial charge in [0, 0.05) is 5.69 Å². The van der Waals surface area contributed by atoms with E-state index in [1.807, 2.05) is 0 Å². The highest BCUT2D eigenvalue weighted by molar-refractivity contribution is 5.46. The van der Waals surface area contributed by atoms with Crippen LogP contribution in [0.25, 0.3) is 0 Å². The normalized spacial score (nSPS) is 13.0. The van der Waals surface area contributed by atoms with E-state index < -0.39 is 0 Å². The molecule has 1 unspecified atom stereocenters. The Morgan fingerprint density at radius 1 is 0.900 bits per heavy atom. The lowest BCUT2D eigenvalue weighted by molar-refractivity contribution is 0.352. The molecule has 2 aromatic rings. The largest absolute Gasteiger partial charge is 0.378 e. The van der Waals surface area contributed by atoms with E-state index in [0.29, 0.717) is 6.04 Å². The average molecular weight is 267 g/mol. The predicted molar refractivity (Wildman–Crippen MR) is 88.1 cm³/mol. The van der Waals surface area contributed by atoms with Crippen molar-refractivity contribution in [2.24, 2.45) is 5.41 Å². The van der Waals surface area contributed by atoms with Gasteiger partial charge in [0.15, 0.2) is 0 Å². The van der Waals surface area contributed by atoms with E-state index in [1.54, 1.807) is 0 Å². The zero-order chi connectivity index (χ0) is 14.6. The standard InChI is InChI=1S/C19H25N/c1-15-10-12-17(13-11-15)20-18(14-19(2,3)4)16-8-6-5-7-9-16/h5-13,18,20H,14H2,1-4H3. The first-order valence-corrected chi connectivity index (χ1v) is 7.32. The molecule has 2 rings (SSSR count). The van der Waals surface area contributed by atoms with E-state index in [1.165, 1.54) is 16.8 Å². The van der Waals surface area contributed by atoms with E-state index in [9.17, 15) is 0 Å². The molecule has 0 bridgehead atoms. The number of rotatable bonds is 4. The first-order chi connectivity index (χ1) is 9.44. The first kappa shape index (κ1) is 14.6. The summed E-state index contributed by atoms with van der Waals surface area (Å²) in [5, 5.41) is 3.68. The van der Waals surface area contributed by atoms with E-state index in [-0.39, 0.29) is 5.41 Å². The Balaban J connectivity index is 2.20. The SMILES string of the molecule is Cc1ccc(NC(CC(C)(C)C)c2ccccc2)cc1. The van der Waals surface area contributed by atoms with Gasteiger partial charge in [-0.15, -0.1) is 0 Å². The maximum atomic E-state index is 3.68. The minimum atomic E-state index is 0.290. The van der Waals surface area contributed by atoms with E-state index in [4.69, 9.17) is 0 Å². The number of hydrogen-bond donors (Lipinski definition) is 1. The van der Waals surface area contributed by atoms with Gasteiger partial charge in [0.2, 0.25) is 0 Å². The smallest absolute Gasteiger partial charge is 0.0518 e. The zero-order valence-electron chi connectivity index (χ0n) is 13.0. The third-order valence-electron chi connectivity index (χ3n) is 3.41. The lowest BCUT2D eigenvalue weighted by atomic mass is 9.85. The molecule has 0 radical (unpaired) electrons. The topological polar surface area (TPSA) is 12.0 Å². The van der Waals surface area contributed by atoms with Crippen molar-refractivity contribution in [1.82, 2.24) is 0 Å². The van der Waals surface area contributed by atoms with Gasteiger partial charge in [-0.1, -0.05) is 68.8 Å². The third kappa shape index (κ3) is 4.41. The molecule has 0 spiro atoms. The van der Waals surface area contributed by atoms with Gasteiger partial charge in [0.25, 0.3) is 0 Å². The Hall–Kier alpha value is -1.76. The number of anilines is 1. The van der Waals surface area contributed by atoms with Gasteiger partial charge in [-0.25, -0.2) is 0 Å². The van der Waals surface area contributed by atoms with Crippen LogP contribution >= 0.6 is 0 Å². The van der Waals surface area contributed by atoms with Crippen molar-refractivity contribution >= 4 is 5.69 Å². The molecule has 1 heteroatoms. The van der Waals surface area contributed by atoms with Gasteiger partial charge in [-0.2, -0.15) is 0 Å². The van der Waals surface area contributed by atoms with Crippen LogP contribution < -0.4 is 5.32 Å². The molecule has 0 aliphatic carbocycles. The summed E-state index contributed by atoms with van der Waals surface area (Å²) in [5.41, 5.74) is 4.12. The fraction of sp³-hybridized carbons (Fsp3) is 0.368. The molecule has 106 valence electrons.